The highest BCUT2D eigenvalue weighted by Gasteiger charge is 2.18. The maximum atomic E-state index is 4.74. The van der Waals surface area contributed by atoms with Crippen molar-refractivity contribution in [2.24, 2.45) is 0 Å². The minimum atomic E-state index is 0.886. The Kier molecular flexibility index (Phi) is 4.84. The van der Waals surface area contributed by atoms with Gasteiger partial charge in [0.05, 0.1) is 11.4 Å². The zero-order valence-corrected chi connectivity index (χ0v) is 19.2. The molecule has 0 bridgehead atoms. The van der Waals surface area contributed by atoms with Gasteiger partial charge in [-0.2, -0.15) is 0 Å². The highest BCUT2D eigenvalue weighted by atomic mass is 15.5. The molecule has 0 saturated carbocycles. The zero-order chi connectivity index (χ0) is 23.1. The molecule has 4 heteroatoms. The highest BCUT2D eigenvalue weighted by molar-refractivity contribution is 6.02. The van der Waals surface area contributed by atoms with Crippen LogP contribution >= 0.6 is 0 Å². The first-order valence-electron chi connectivity index (χ1n) is 11.4. The monoisotopic (exact) mass is 440 g/mol. The fraction of sp³-hybridized carbons (Fsp3) is 0.0667. The van der Waals surface area contributed by atoms with Crippen LogP contribution in [0.1, 0.15) is 11.1 Å². The smallest absolute Gasteiger partial charge is 0.113 e. The van der Waals surface area contributed by atoms with Crippen LogP contribution in [-0.4, -0.2) is 15.0 Å². The molecule has 0 atom stereocenters. The van der Waals surface area contributed by atoms with Crippen molar-refractivity contribution < 1.29 is 0 Å². The normalized spacial score (nSPS) is 11.2. The van der Waals surface area contributed by atoms with E-state index in [1.54, 1.807) is 4.80 Å². The molecule has 0 spiro atoms. The molecule has 0 radical (unpaired) electrons. The molecule has 4 nitrogen and oxygen atoms in total. The van der Waals surface area contributed by atoms with Crippen molar-refractivity contribution in [3.05, 3.63) is 120 Å². The maximum Gasteiger partial charge on any atom is 0.113 e. The molecular weight excluding hydrogens is 416 g/mol. The van der Waals surface area contributed by atoms with Crippen molar-refractivity contribution in [2.75, 3.05) is 4.90 Å². The quantitative estimate of drug-likeness (QED) is 0.282. The molecule has 34 heavy (non-hydrogen) atoms. The molecule has 0 unspecified atom stereocenters. The van der Waals surface area contributed by atoms with Gasteiger partial charge in [-0.05, 0) is 62.4 Å². The largest absolute Gasteiger partial charge is 0.310 e. The molecule has 1 aromatic heterocycles. The number of benzene rings is 5. The van der Waals surface area contributed by atoms with Crippen LogP contribution in [0.3, 0.4) is 0 Å². The van der Waals surface area contributed by atoms with E-state index in [9.17, 15) is 0 Å². The van der Waals surface area contributed by atoms with Gasteiger partial charge in [0.1, 0.15) is 11.0 Å². The predicted molar refractivity (Wildman–Crippen MR) is 141 cm³/mol. The first kappa shape index (κ1) is 20.2. The fourth-order valence-electron chi connectivity index (χ4n) is 4.42. The van der Waals surface area contributed by atoms with Gasteiger partial charge in [-0.15, -0.1) is 15.0 Å². The van der Waals surface area contributed by atoms with Crippen LogP contribution < -0.4 is 4.90 Å². The van der Waals surface area contributed by atoms with Gasteiger partial charge in [0, 0.05) is 22.1 Å². The second-order valence-electron chi connectivity index (χ2n) is 8.63. The number of fused-ring (bicyclic) bond motifs is 2. The van der Waals surface area contributed by atoms with E-state index in [2.05, 4.69) is 104 Å². The summed E-state index contributed by atoms with van der Waals surface area (Å²) in [5.41, 5.74) is 8.57. The molecule has 0 saturated heterocycles. The van der Waals surface area contributed by atoms with Crippen molar-refractivity contribution in [2.45, 2.75) is 13.8 Å². The van der Waals surface area contributed by atoms with Crippen molar-refractivity contribution in [1.82, 2.24) is 15.0 Å². The van der Waals surface area contributed by atoms with Crippen molar-refractivity contribution in [3.63, 3.8) is 0 Å². The molecule has 6 aromatic rings. The van der Waals surface area contributed by atoms with Gasteiger partial charge in [-0.1, -0.05) is 71.8 Å². The highest BCUT2D eigenvalue weighted by Crippen LogP contribution is 2.40. The SMILES string of the molecule is Cc1ccc(N(c2ccc(C)cc2)c2ccc(-n3nc4ccccc4n3)c3ccccc23)cc1. The Balaban J connectivity index is 1.58. The van der Waals surface area contributed by atoms with Crippen LogP contribution in [0.2, 0.25) is 0 Å². The lowest BCUT2D eigenvalue weighted by molar-refractivity contribution is 0.771. The molecule has 0 aliphatic heterocycles. The van der Waals surface area contributed by atoms with Crippen LogP contribution in [0.25, 0.3) is 27.5 Å². The van der Waals surface area contributed by atoms with Gasteiger partial charge in [0.15, 0.2) is 0 Å². The van der Waals surface area contributed by atoms with Gasteiger partial charge >= 0.3 is 0 Å². The summed E-state index contributed by atoms with van der Waals surface area (Å²) >= 11 is 0. The van der Waals surface area contributed by atoms with Crippen molar-refractivity contribution >= 4 is 38.9 Å². The Bertz CT molecular complexity index is 1530. The van der Waals surface area contributed by atoms with E-state index in [0.29, 0.717) is 0 Å². The average molecular weight is 441 g/mol. The lowest BCUT2D eigenvalue weighted by Crippen LogP contribution is -2.11. The van der Waals surface area contributed by atoms with E-state index in [1.165, 1.54) is 11.1 Å². The minimum absolute atomic E-state index is 0.886. The van der Waals surface area contributed by atoms with Gasteiger partial charge in [-0.25, -0.2) is 0 Å². The van der Waals surface area contributed by atoms with E-state index in [0.717, 1.165) is 44.6 Å². The summed E-state index contributed by atoms with van der Waals surface area (Å²) in [7, 11) is 0. The Morgan fingerprint density at radius 2 is 1.03 bits per heavy atom. The Morgan fingerprint density at radius 3 is 1.59 bits per heavy atom. The van der Waals surface area contributed by atoms with Crippen LogP contribution in [-0.2, 0) is 0 Å². The molecule has 6 rings (SSSR count). The van der Waals surface area contributed by atoms with Gasteiger partial charge in [0.25, 0.3) is 0 Å². The molecular formula is C30H24N4. The summed E-state index contributed by atoms with van der Waals surface area (Å²) in [6, 6.07) is 38.1. The van der Waals surface area contributed by atoms with Crippen molar-refractivity contribution in [1.29, 1.82) is 0 Å². The number of hydrogen-bond acceptors (Lipinski definition) is 3. The number of hydrogen-bond donors (Lipinski definition) is 0. The molecule has 0 fully saturated rings. The molecule has 0 aliphatic rings. The summed E-state index contributed by atoms with van der Waals surface area (Å²) in [5, 5.41) is 11.7. The molecule has 1 heterocycles. The van der Waals surface area contributed by atoms with E-state index < -0.39 is 0 Å². The van der Waals surface area contributed by atoms with E-state index in [-0.39, 0.29) is 0 Å². The summed E-state index contributed by atoms with van der Waals surface area (Å²) in [5.74, 6) is 0. The number of aromatic nitrogens is 3. The van der Waals surface area contributed by atoms with Crippen LogP contribution in [0.4, 0.5) is 17.1 Å². The van der Waals surface area contributed by atoms with Gasteiger partial charge < -0.3 is 4.90 Å². The summed E-state index contributed by atoms with van der Waals surface area (Å²) in [4.78, 5) is 4.07. The van der Waals surface area contributed by atoms with Gasteiger partial charge in [-0.3, -0.25) is 0 Å². The Hall–Kier alpha value is -4.44. The lowest BCUT2D eigenvalue weighted by Gasteiger charge is -2.27. The summed E-state index contributed by atoms with van der Waals surface area (Å²) < 4.78 is 0. The third-order valence-electron chi connectivity index (χ3n) is 6.21. The zero-order valence-electron chi connectivity index (χ0n) is 19.2. The average Bonchev–Trinajstić information content (AvgIpc) is 3.30. The Morgan fingerprint density at radius 1 is 0.529 bits per heavy atom. The van der Waals surface area contributed by atoms with Crippen LogP contribution in [0.5, 0.6) is 0 Å². The number of aryl methyl sites for hydroxylation is 2. The third-order valence-corrected chi connectivity index (χ3v) is 6.21. The molecule has 164 valence electrons. The van der Waals surface area contributed by atoms with E-state index in [4.69, 9.17) is 10.2 Å². The molecule has 5 aromatic carbocycles. The van der Waals surface area contributed by atoms with Crippen LogP contribution in [0.15, 0.2) is 109 Å². The van der Waals surface area contributed by atoms with Crippen molar-refractivity contribution in [3.8, 4) is 5.69 Å². The Labute approximate surface area is 198 Å². The third kappa shape index (κ3) is 3.50. The lowest BCUT2D eigenvalue weighted by atomic mass is 10.0. The molecule has 0 amide bonds. The summed E-state index contributed by atoms with van der Waals surface area (Å²) in [6.07, 6.45) is 0. The second kappa shape index (κ2) is 8.16. The minimum Gasteiger partial charge on any atom is -0.310 e. The van der Waals surface area contributed by atoms with E-state index in [1.807, 2.05) is 24.3 Å². The van der Waals surface area contributed by atoms with Gasteiger partial charge in [0.2, 0.25) is 0 Å². The number of nitrogens with zero attached hydrogens (tertiary/aromatic N) is 4. The van der Waals surface area contributed by atoms with E-state index >= 15 is 0 Å². The molecule has 0 N–H and O–H groups in total. The standard InChI is InChI=1S/C30H24N4/c1-21-11-15-23(16-12-21)33(24-17-13-22(2)14-18-24)29-19-20-30(26-8-4-3-7-25(26)29)34-31-27-9-5-6-10-28(27)32-34/h3-20H,1-2H3. The topological polar surface area (TPSA) is 34.0 Å². The second-order valence-corrected chi connectivity index (χ2v) is 8.63. The maximum absolute atomic E-state index is 4.74. The first-order valence-corrected chi connectivity index (χ1v) is 11.4. The summed E-state index contributed by atoms with van der Waals surface area (Å²) in [6.45, 7) is 4.23. The molecule has 0 aliphatic carbocycles. The predicted octanol–water partition coefficient (Wildman–Crippen LogP) is 7.66. The first-order chi connectivity index (χ1) is 16.7. The fourth-order valence-corrected chi connectivity index (χ4v) is 4.42. The number of rotatable bonds is 4. The van der Waals surface area contributed by atoms with Crippen LogP contribution in [0, 0.1) is 13.8 Å². The number of anilines is 3.